The highest BCUT2D eigenvalue weighted by Crippen LogP contribution is 2.19. The Morgan fingerprint density at radius 2 is 2.12 bits per heavy atom. The minimum absolute atomic E-state index is 0.204. The van der Waals surface area contributed by atoms with Gasteiger partial charge in [-0.05, 0) is 55.0 Å². The summed E-state index contributed by atoms with van der Waals surface area (Å²) in [5, 5.41) is 15.3. The van der Waals surface area contributed by atoms with Gasteiger partial charge in [-0.2, -0.15) is 4.68 Å². The number of nitrogens with one attached hydrogen (secondary N) is 1. The number of thiazole rings is 1. The first-order chi connectivity index (χ1) is 11.5. The maximum absolute atomic E-state index is 12.1. The zero-order valence-electron chi connectivity index (χ0n) is 13.5. The molecule has 0 aliphatic rings. The fraction of sp³-hybridized carbons (Fsp3) is 0.188. The molecular formula is C16H16N6OS. The molecule has 24 heavy (non-hydrogen) atoms. The molecule has 0 aliphatic carbocycles. The van der Waals surface area contributed by atoms with Gasteiger partial charge in [-0.3, -0.25) is 4.79 Å². The van der Waals surface area contributed by atoms with Crippen LogP contribution in [0.1, 0.15) is 21.3 Å². The smallest absolute Gasteiger partial charge is 0.248 e. The molecule has 3 rings (SSSR count). The standard InChI is InChI=1S/C16H16N6OS/c1-10-4-5-13(8-15(10)22-11(2)19-20-21-22)18-16(23)7-6-14-9-17-12(3)24-14/h4-9H,1-3H3,(H,18,23)/b7-6+. The normalized spacial score (nSPS) is 11.1. The molecule has 7 nitrogen and oxygen atoms in total. The van der Waals surface area contributed by atoms with Crippen molar-refractivity contribution in [2.24, 2.45) is 0 Å². The Bertz CT molecular complexity index is 911. The third kappa shape index (κ3) is 3.54. The van der Waals surface area contributed by atoms with Crippen molar-refractivity contribution < 1.29 is 4.79 Å². The van der Waals surface area contributed by atoms with E-state index in [1.54, 1.807) is 17.0 Å². The first kappa shape index (κ1) is 16.0. The SMILES string of the molecule is Cc1ncc(/C=C/C(=O)Nc2ccc(C)c(-n3nnnc3C)c2)s1. The van der Waals surface area contributed by atoms with Gasteiger partial charge in [0, 0.05) is 22.8 Å². The summed E-state index contributed by atoms with van der Waals surface area (Å²) in [6.45, 7) is 5.72. The van der Waals surface area contributed by atoms with Gasteiger partial charge in [0.15, 0.2) is 5.82 Å². The lowest BCUT2D eigenvalue weighted by molar-refractivity contribution is -0.111. The lowest BCUT2D eigenvalue weighted by Gasteiger charge is -2.09. The predicted octanol–water partition coefficient (Wildman–Crippen LogP) is 2.70. The molecule has 0 saturated heterocycles. The first-order valence-corrected chi connectivity index (χ1v) is 8.12. The van der Waals surface area contributed by atoms with Crippen molar-refractivity contribution >= 4 is 29.0 Å². The number of amides is 1. The fourth-order valence-electron chi connectivity index (χ4n) is 2.17. The Balaban J connectivity index is 1.77. The summed E-state index contributed by atoms with van der Waals surface area (Å²) in [4.78, 5) is 17.2. The van der Waals surface area contributed by atoms with Gasteiger partial charge in [-0.15, -0.1) is 16.4 Å². The van der Waals surface area contributed by atoms with Crippen LogP contribution in [-0.2, 0) is 4.79 Å². The highest BCUT2D eigenvalue weighted by molar-refractivity contribution is 7.12. The van der Waals surface area contributed by atoms with Crippen LogP contribution in [0.15, 0.2) is 30.5 Å². The second-order valence-corrected chi connectivity index (χ2v) is 6.51. The molecule has 0 bridgehead atoms. The van der Waals surface area contributed by atoms with Crippen molar-refractivity contribution in [2.75, 3.05) is 5.32 Å². The molecule has 2 heterocycles. The maximum Gasteiger partial charge on any atom is 0.248 e. The number of tetrazole rings is 1. The van der Waals surface area contributed by atoms with Gasteiger partial charge in [0.05, 0.1) is 10.7 Å². The zero-order chi connectivity index (χ0) is 17.1. The molecule has 0 unspecified atom stereocenters. The van der Waals surface area contributed by atoms with E-state index in [2.05, 4.69) is 25.8 Å². The van der Waals surface area contributed by atoms with Crippen LogP contribution in [-0.4, -0.2) is 31.1 Å². The monoisotopic (exact) mass is 340 g/mol. The van der Waals surface area contributed by atoms with Crippen LogP contribution in [0.4, 0.5) is 5.69 Å². The van der Waals surface area contributed by atoms with Crippen molar-refractivity contribution in [1.29, 1.82) is 0 Å². The van der Waals surface area contributed by atoms with E-state index in [1.165, 1.54) is 17.4 Å². The van der Waals surface area contributed by atoms with Gasteiger partial charge in [0.1, 0.15) is 0 Å². The zero-order valence-corrected chi connectivity index (χ0v) is 14.3. The van der Waals surface area contributed by atoms with E-state index in [4.69, 9.17) is 0 Å². The third-order valence-corrected chi connectivity index (χ3v) is 4.25. The fourth-order valence-corrected chi connectivity index (χ4v) is 2.85. The Kier molecular flexibility index (Phi) is 4.48. The number of nitrogens with zero attached hydrogens (tertiary/aromatic N) is 5. The summed E-state index contributed by atoms with van der Waals surface area (Å²) in [7, 11) is 0. The van der Waals surface area contributed by atoms with E-state index in [1.807, 2.05) is 39.0 Å². The Labute approximate surface area is 143 Å². The number of aryl methyl sites for hydroxylation is 3. The number of hydrogen-bond acceptors (Lipinski definition) is 6. The molecule has 0 aliphatic heterocycles. The molecule has 0 fully saturated rings. The number of anilines is 1. The van der Waals surface area contributed by atoms with E-state index < -0.39 is 0 Å². The van der Waals surface area contributed by atoms with Crippen molar-refractivity contribution in [1.82, 2.24) is 25.2 Å². The average molecular weight is 340 g/mol. The topological polar surface area (TPSA) is 85.6 Å². The van der Waals surface area contributed by atoms with Gasteiger partial charge < -0.3 is 5.32 Å². The van der Waals surface area contributed by atoms with Crippen molar-refractivity contribution in [2.45, 2.75) is 20.8 Å². The second-order valence-electron chi connectivity index (χ2n) is 5.24. The number of rotatable bonds is 4. The van der Waals surface area contributed by atoms with E-state index in [0.29, 0.717) is 11.5 Å². The average Bonchev–Trinajstić information content (AvgIpc) is 3.16. The Hall–Kier alpha value is -2.87. The molecule has 0 saturated carbocycles. The number of aromatic nitrogens is 5. The lowest BCUT2D eigenvalue weighted by atomic mass is 10.1. The number of carbonyl (C=O) groups is 1. The molecule has 1 N–H and O–H groups in total. The van der Waals surface area contributed by atoms with Gasteiger partial charge in [0.25, 0.3) is 0 Å². The van der Waals surface area contributed by atoms with Crippen LogP contribution in [0.2, 0.25) is 0 Å². The number of hydrogen-bond donors (Lipinski definition) is 1. The summed E-state index contributed by atoms with van der Waals surface area (Å²) >= 11 is 1.54. The molecule has 2 aromatic heterocycles. The molecule has 0 atom stereocenters. The summed E-state index contributed by atoms with van der Waals surface area (Å²) in [6.07, 6.45) is 4.99. The van der Waals surface area contributed by atoms with Gasteiger partial charge >= 0.3 is 0 Å². The minimum Gasteiger partial charge on any atom is -0.322 e. The summed E-state index contributed by atoms with van der Waals surface area (Å²) in [5.74, 6) is 0.478. The first-order valence-electron chi connectivity index (χ1n) is 7.30. The van der Waals surface area contributed by atoms with Gasteiger partial charge in [-0.25, -0.2) is 4.98 Å². The minimum atomic E-state index is -0.204. The summed E-state index contributed by atoms with van der Waals surface area (Å²) in [5.41, 5.74) is 2.53. The van der Waals surface area contributed by atoms with Crippen LogP contribution >= 0.6 is 11.3 Å². The summed E-state index contributed by atoms with van der Waals surface area (Å²) < 4.78 is 1.64. The molecule has 1 aromatic carbocycles. The van der Waals surface area contributed by atoms with Crippen molar-refractivity contribution in [3.05, 3.63) is 51.7 Å². The molecule has 0 spiro atoms. The second kappa shape index (κ2) is 6.71. The van der Waals surface area contributed by atoms with E-state index in [0.717, 1.165) is 21.1 Å². The lowest BCUT2D eigenvalue weighted by Crippen LogP contribution is -2.09. The van der Waals surface area contributed by atoms with Crippen LogP contribution in [0.3, 0.4) is 0 Å². The Morgan fingerprint density at radius 3 is 2.79 bits per heavy atom. The quantitative estimate of drug-likeness (QED) is 0.738. The Morgan fingerprint density at radius 1 is 1.29 bits per heavy atom. The van der Waals surface area contributed by atoms with Crippen LogP contribution in [0.5, 0.6) is 0 Å². The van der Waals surface area contributed by atoms with Gasteiger partial charge in [-0.1, -0.05) is 6.07 Å². The number of carbonyl (C=O) groups excluding carboxylic acids is 1. The van der Waals surface area contributed by atoms with Crippen molar-refractivity contribution in [3.8, 4) is 5.69 Å². The molecular weight excluding hydrogens is 324 g/mol. The van der Waals surface area contributed by atoms with E-state index in [9.17, 15) is 4.79 Å². The number of benzene rings is 1. The van der Waals surface area contributed by atoms with Crippen LogP contribution < -0.4 is 5.32 Å². The van der Waals surface area contributed by atoms with Crippen LogP contribution in [0, 0.1) is 20.8 Å². The largest absolute Gasteiger partial charge is 0.322 e. The molecule has 122 valence electrons. The molecule has 0 radical (unpaired) electrons. The highest BCUT2D eigenvalue weighted by Gasteiger charge is 2.08. The van der Waals surface area contributed by atoms with Crippen LogP contribution in [0.25, 0.3) is 11.8 Å². The molecule has 1 amide bonds. The van der Waals surface area contributed by atoms with E-state index >= 15 is 0 Å². The van der Waals surface area contributed by atoms with Gasteiger partial charge in [0.2, 0.25) is 5.91 Å². The molecule has 8 heteroatoms. The summed E-state index contributed by atoms with van der Waals surface area (Å²) in [6, 6.07) is 5.62. The predicted molar refractivity (Wildman–Crippen MR) is 93.1 cm³/mol. The van der Waals surface area contributed by atoms with Crippen molar-refractivity contribution in [3.63, 3.8) is 0 Å². The maximum atomic E-state index is 12.1. The van der Waals surface area contributed by atoms with E-state index in [-0.39, 0.29) is 5.91 Å². The third-order valence-electron chi connectivity index (χ3n) is 3.37. The molecule has 3 aromatic rings. The highest BCUT2D eigenvalue weighted by atomic mass is 32.1.